The normalized spacial score (nSPS) is 10.3. The first-order valence-electron chi connectivity index (χ1n) is 5.60. The fraction of sp³-hybridized carbons (Fsp3) is 0.545. The molecule has 0 bridgehead atoms. The highest BCUT2D eigenvalue weighted by Crippen LogP contribution is 2.10. The van der Waals surface area contributed by atoms with E-state index in [-0.39, 0.29) is 17.4 Å². The molecule has 1 aromatic heterocycles. The van der Waals surface area contributed by atoms with Crippen LogP contribution in [-0.2, 0) is 9.47 Å². The molecule has 100 valence electrons. The lowest BCUT2D eigenvalue weighted by Gasteiger charge is -2.08. The molecule has 0 aliphatic carbocycles. The van der Waals surface area contributed by atoms with Gasteiger partial charge in [0.15, 0.2) is 5.69 Å². The van der Waals surface area contributed by atoms with Crippen molar-refractivity contribution in [3.8, 4) is 5.88 Å². The zero-order valence-corrected chi connectivity index (χ0v) is 10.4. The van der Waals surface area contributed by atoms with E-state index in [1.165, 1.54) is 12.4 Å². The third kappa shape index (κ3) is 5.07. The van der Waals surface area contributed by atoms with Crippen LogP contribution in [0.25, 0.3) is 0 Å². The third-order valence-corrected chi connectivity index (χ3v) is 2.02. The van der Waals surface area contributed by atoms with Gasteiger partial charge < -0.3 is 19.9 Å². The van der Waals surface area contributed by atoms with Crippen LogP contribution in [0.2, 0.25) is 0 Å². The van der Waals surface area contributed by atoms with Crippen molar-refractivity contribution in [1.82, 2.24) is 9.97 Å². The quantitative estimate of drug-likeness (QED) is 0.370. The summed E-state index contributed by atoms with van der Waals surface area (Å²) >= 11 is 0. The summed E-state index contributed by atoms with van der Waals surface area (Å²) in [4.78, 5) is 7.91. The highest BCUT2D eigenvalue weighted by atomic mass is 16.5. The van der Waals surface area contributed by atoms with E-state index in [1.807, 2.05) is 0 Å². The Morgan fingerprint density at radius 1 is 1.22 bits per heavy atom. The Hall–Kier alpha value is -1.73. The maximum Gasteiger partial charge on any atom is 0.243 e. The van der Waals surface area contributed by atoms with Gasteiger partial charge in [-0.15, -0.1) is 0 Å². The van der Waals surface area contributed by atoms with Crippen LogP contribution in [0.4, 0.5) is 0 Å². The summed E-state index contributed by atoms with van der Waals surface area (Å²) in [6, 6.07) is 0. The Bertz CT molecular complexity index is 373. The molecule has 0 aliphatic rings. The number of rotatable bonds is 9. The topological polar surface area (TPSA) is 103 Å². The SMILES string of the molecule is COCCOCCCOc1nccnc1C(=N)N. The van der Waals surface area contributed by atoms with E-state index in [1.54, 1.807) is 7.11 Å². The lowest BCUT2D eigenvalue weighted by atomic mass is 10.4. The number of nitrogens with one attached hydrogen (secondary N) is 1. The van der Waals surface area contributed by atoms with Gasteiger partial charge in [-0.25, -0.2) is 9.97 Å². The molecule has 7 nitrogen and oxygen atoms in total. The van der Waals surface area contributed by atoms with E-state index in [2.05, 4.69) is 9.97 Å². The summed E-state index contributed by atoms with van der Waals surface area (Å²) in [7, 11) is 1.63. The van der Waals surface area contributed by atoms with Gasteiger partial charge in [-0.1, -0.05) is 0 Å². The van der Waals surface area contributed by atoms with Crippen molar-refractivity contribution in [2.75, 3.05) is 33.5 Å². The standard InChI is InChI=1S/C11H18N4O3/c1-16-7-8-17-5-2-6-18-11-9(10(12)13)14-3-4-15-11/h3-4H,2,5-8H2,1H3,(H3,12,13). The van der Waals surface area contributed by atoms with Gasteiger partial charge in [0.2, 0.25) is 5.88 Å². The second-order valence-electron chi connectivity index (χ2n) is 3.43. The molecule has 1 heterocycles. The number of aromatic nitrogens is 2. The Labute approximate surface area is 106 Å². The second-order valence-corrected chi connectivity index (χ2v) is 3.43. The molecule has 1 rings (SSSR count). The average Bonchev–Trinajstić information content (AvgIpc) is 2.38. The molecule has 0 saturated carbocycles. The zero-order chi connectivity index (χ0) is 13.2. The Kier molecular flexibility index (Phi) is 6.67. The number of hydrogen-bond donors (Lipinski definition) is 2. The van der Waals surface area contributed by atoms with Gasteiger partial charge in [-0.05, 0) is 0 Å². The summed E-state index contributed by atoms with van der Waals surface area (Å²) in [5.74, 6) is 0.122. The van der Waals surface area contributed by atoms with Crippen LogP contribution in [0.5, 0.6) is 5.88 Å². The molecular formula is C11H18N4O3. The van der Waals surface area contributed by atoms with Crippen LogP contribution in [0.3, 0.4) is 0 Å². The van der Waals surface area contributed by atoms with Gasteiger partial charge in [-0.3, -0.25) is 5.41 Å². The number of ether oxygens (including phenoxy) is 3. The summed E-state index contributed by atoms with van der Waals surface area (Å²) in [5.41, 5.74) is 5.62. The monoisotopic (exact) mass is 254 g/mol. The molecule has 18 heavy (non-hydrogen) atoms. The van der Waals surface area contributed by atoms with Gasteiger partial charge in [0.05, 0.1) is 19.8 Å². The number of nitrogens with zero attached hydrogens (tertiary/aromatic N) is 2. The molecule has 0 spiro atoms. The minimum absolute atomic E-state index is 0.158. The summed E-state index contributed by atoms with van der Waals surface area (Å²) in [6.45, 7) is 2.17. The fourth-order valence-electron chi connectivity index (χ4n) is 1.19. The van der Waals surface area contributed by atoms with Crippen LogP contribution >= 0.6 is 0 Å². The molecule has 7 heteroatoms. The molecular weight excluding hydrogens is 236 g/mol. The highest BCUT2D eigenvalue weighted by Gasteiger charge is 2.08. The third-order valence-electron chi connectivity index (χ3n) is 2.02. The Morgan fingerprint density at radius 2 is 2.00 bits per heavy atom. The Balaban J connectivity index is 2.25. The first-order valence-corrected chi connectivity index (χ1v) is 5.60. The predicted molar refractivity (Wildman–Crippen MR) is 65.9 cm³/mol. The number of amidine groups is 1. The highest BCUT2D eigenvalue weighted by molar-refractivity contribution is 5.94. The average molecular weight is 254 g/mol. The van der Waals surface area contributed by atoms with Gasteiger partial charge in [0.1, 0.15) is 5.84 Å². The molecule has 0 saturated heterocycles. The maximum absolute atomic E-state index is 7.33. The van der Waals surface area contributed by atoms with E-state index >= 15 is 0 Å². The van der Waals surface area contributed by atoms with E-state index in [0.29, 0.717) is 26.4 Å². The van der Waals surface area contributed by atoms with Gasteiger partial charge in [0.25, 0.3) is 0 Å². The maximum atomic E-state index is 7.33. The van der Waals surface area contributed by atoms with E-state index in [4.69, 9.17) is 25.4 Å². The summed E-state index contributed by atoms with van der Waals surface area (Å²) < 4.78 is 15.5. The first-order chi connectivity index (χ1) is 8.75. The molecule has 0 aromatic carbocycles. The number of methoxy groups -OCH3 is 1. The van der Waals surface area contributed by atoms with Gasteiger partial charge in [0, 0.05) is 32.5 Å². The molecule has 3 N–H and O–H groups in total. The predicted octanol–water partition coefficient (Wildman–Crippen LogP) is 0.193. The number of hydrogen-bond acceptors (Lipinski definition) is 6. The van der Waals surface area contributed by atoms with E-state index < -0.39 is 0 Å². The van der Waals surface area contributed by atoms with E-state index in [0.717, 1.165) is 6.42 Å². The molecule has 0 fully saturated rings. The van der Waals surface area contributed by atoms with Crippen molar-refractivity contribution in [3.63, 3.8) is 0 Å². The van der Waals surface area contributed by atoms with Crippen molar-refractivity contribution in [2.45, 2.75) is 6.42 Å². The van der Waals surface area contributed by atoms with Crippen molar-refractivity contribution in [1.29, 1.82) is 5.41 Å². The van der Waals surface area contributed by atoms with Crippen molar-refractivity contribution >= 4 is 5.84 Å². The van der Waals surface area contributed by atoms with Crippen LogP contribution in [0, 0.1) is 5.41 Å². The van der Waals surface area contributed by atoms with Gasteiger partial charge >= 0.3 is 0 Å². The Morgan fingerprint density at radius 3 is 2.72 bits per heavy atom. The number of nitrogen functional groups attached to an aromatic ring is 1. The molecule has 0 radical (unpaired) electrons. The molecule has 0 aliphatic heterocycles. The summed E-state index contributed by atoms with van der Waals surface area (Å²) in [5, 5.41) is 7.33. The fourth-order valence-corrected chi connectivity index (χ4v) is 1.19. The minimum Gasteiger partial charge on any atom is -0.476 e. The van der Waals surface area contributed by atoms with Crippen LogP contribution < -0.4 is 10.5 Å². The molecule has 0 atom stereocenters. The smallest absolute Gasteiger partial charge is 0.243 e. The first kappa shape index (κ1) is 14.3. The second kappa shape index (κ2) is 8.37. The molecule has 1 aromatic rings. The molecule has 0 unspecified atom stereocenters. The van der Waals surface area contributed by atoms with Crippen molar-refractivity contribution in [2.24, 2.45) is 5.73 Å². The molecule has 0 amide bonds. The minimum atomic E-state index is -0.158. The van der Waals surface area contributed by atoms with Crippen molar-refractivity contribution in [3.05, 3.63) is 18.1 Å². The summed E-state index contributed by atoms with van der Waals surface area (Å²) in [6.07, 6.45) is 3.69. The zero-order valence-electron chi connectivity index (χ0n) is 10.4. The van der Waals surface area contributed by atoms with Crippen molar-refractivity contribution < 1.29 is 14.2 Å². The lowest BCUT2D eigenvalue weighted by molar-refractivity contribution is 0.0641. The van der Waals surface area contributed by atoms with E-state index in [9.17, 15) is 0 Å². The van der Waals surface area contributed by atoms with Gasteiger partial charge in [-0.2, -0.15) is 0 Å². The van der Waals surface area contributed by atoms with Crippen LogP contribution in [0.15, 0.2) is 12.4 Å². The lowest BCUT2D eigenvalue weighted by Crippen LogP contribution is -2.16. The largest absolute Gasteiger partial charge is 0.476 e. The van der Waals surface area contributed by atoms with Crippen LogP contribution in [0.1, 0.15) is 12.1 Å². The number of nitrogens with two attached hydrogens (primary N) is 1. The van der Waals surface area contributed by atoms with Crippen LogP contribution in [-0.4, -0.2) is 49.3 Å².